The second-order valence-corrected chi connectivity index (χ2v) is 6.85. The SMILES string of the molecule is Cc1c(-c2cccc(CC#N)c2)c(-c2ccccc2Oc2ccccc2)n[nH]c1=O. The smallest absolute Gasteiger partial charge is 0.267 e. The van der Waals surface area contributed by atoms with Gasteiger partial charge in [0.2, 0.25) is 0 Å². The molecule has 0 unspecified atom stereocenters. The molecular weight excluding hydrogens is 374 g/mol. The molecule has 0 radical (unpaired) electrons. The Morgan fingerprint density at radius 3 is 2.57 bits per heavy atom. The normalized spacial score (nSPS) is 10.4. The Hall–Kier alpha value is -4.17. The molecule has 0 amide bonds. The number of benzene rings is 3. The molecule has 146 valence electrons. The fourth-order valence-electron chi connectivity index (χ4n) is 3.38. The number of ether oxygens (including phenoxy) is 1. The molecule has 4 rings (SSSR count). The number of nitriles is 1. The maximum absolute atomic E-state index is 12.4. The van der Waals surface area contributed by atoms with Gasteiger partial charge in [-0.25, -0.2) is 5.10 Å². The minimum absolute atomic E-state index is 0.249. The van der Waals surface area contributed by atoms with Crippen molar-refractivity contribution < 1.29 is 4.74 Å². The standard InChI is InChI=1S/C25H19N3O2/c1-17-23(19-9-7-8-18(16-19)14-15-26)24(27-28-25(17)29)21-12-5-6-13-22(21)30-20-10-3-2-4-11-20/h2-13,16H,14H2,1H3,(H,28,29). The number of nitrogens with one attached hydrogen (secondary N) is 1. The maximum atomic E-state index is 12.4. The van der Waals surface area contributed by atoms with Crippen molar-refractivity contribution in [2.75, 3.05) is 0 Å². The summed E-state index contributed by atoms with van der Waals surface area (Å²) in [6.07, 6.45) is 0.298. The summed E-state index contributed by atoms with van der Waals surface area (Å²) in [5, 5.41) is 16.0. The summed E-state index contributed by atoms with van der Waals surface area (Å²) in [6, 6.07) is 26.9. The van der Waals surface area contributed by atoms with Crippen LogP contribution in [0.3, 0.4) is 0 Å². The molecule has 0 saturated carbocycles. The molecule has 0 aliphatic carbocycles. The minimum atomic E-state index is -0.249. The van der Waals surface area contributed by atoms with E-state index in [0.717, 1.165) is 22.3 Å². The van der Waals surface area contributed by atoms with Crippen LogP contribution >= 0.6 is 0 Å². The van der Waals surface area contributed by atoms with Crippen LogP contribution in [0.1, 0.15) is 11.1 Å². The molecular formula is C25H19N3O2. The first-order chi connectivity index (χ1) is 14.7. The average molecular weight is 393 g/mol. The van der Waals surface area contributed by atoms with Gasteiger partial charge in [-0.05, 0) is 42.3 Å². The quantitative estimate of drug-likeness (QED) is 0.501. The molecule has 3 aromatic carbocycles. The number of aromatic nitrogens is 2. The monoisotopic (exact) mass is 393 g/mol. The molecule has 4 aromatic rings. The fraction of sp³-hybridized carbons (Fsp3) is 0.0800. The highest BCUT2D eigenvalue weighted by molar-refractivity contribution is 5.85. The average Bonchev–Trinajstić information content (AvgIpc) is 2.77. The van der Waals surface area contributed by atoms with Crippen LogP contribution in [0.2, 0.25) is 0 Å². The van der Waals surface area contributed by atoms with Gasteiger partial charge >= 0.3 is 0 Å². The van der Waals surface area contributed by atoms with Crippen molar-refractivity contribution in [3.63, 3.8) is 0 Å². The minimum Gasteiger partial charge on any atom is -0.457 e. The van der Waals surface area contributed by atoms with Gasteiger partial charge in [0.1, 0.15) is 17.2 Å². The van der Waals surface area contributed by atoms with Crippen molar-refractivity contribution in [2.45, 2.75) is 13.3 Å². The summed E-state index contributed by atoms with van der Waals surface area (Å²) < 4.78 is 6.11. The molecule has 5 nitrogen and oxygen atoms in total. The van der Waals surface area contributed by atoms with E-state index >= 15 is 0 Å². The van der Waals surface area contributed by atoms with Crippen molar-refractivity contribution in [1.82, 2.24) is 10.2 Å². The lowest BCUT2D eigenvalue weighted by Gasteiger charge is -2.15. The molecule has 0 aliphatic heterocycles. The van der Waals surface area contributed by atoms with Crippen LogP contribution < -0.4 is 10.3 Å². The van der Waals surface area contributed by atoms with Crippen molar-refractivity contribution in [3.05, 3.63) is 100 Å². The zero-order valence-corrected chi connectivity index (χ0v) is 16.4. The van der Waals surface area contributed by atoms with Crippen LogP contribution in [0.15, 0.2) is 83.7 Å². The lowest BCUT2D eigenvalue weighted by Crippen LogP contribution is -2.14. The predicted octanol–water partition coefficient (Wildman–Crippen LogP) is 5.27. The van der Waals surface area contributed by atoms with E-state index in [1.807, 2.05) is 78.9 Å². The summed E-state index contributed by atoms with van der Waals surface area (Å²) in [5.41, 5.74) is 4.14. The van der Waals surface area contributed by atoms with Crippen LogP contribution in [-0.4, -0.2) is 10.2 Å². The Kier molecular flexibility index (Phi) is 5.40. The molecule has 0 aliphatic rings. The van der Waals surface area contributed by atoms with Gasteiger partial charge in [-0.3, -0.25) is 4.79 Å². The predicted molar refractivity (Wildman–Crippen MR) is 116 cm³/mol. The molecule has 1 heterocycles. The van der Waals surface area contributed by atoms with Crippen LogP contribution in [-0.2, 0) is 6.42 Å². The molecule has 0 saturated heterocycles. The number of para-hydroxylation sites is 2. The third-order valence-electron chi connectivity index (χ3n) is 4.83. The highest BCUT2D eigenvalue weighted by Crippen LogP contribution is 2.38. The summed E-state index contributed by atoms with van der Waals surface area (Å²) >= 11 is 0. The van der Waals surface area contributed by atoms with Crippen molar-refractivity contribution >= 4 is 0 Å². The zero-order chi connectivity index (χ0) is 20.9. The van der Waals surface area contributed by atoms with E-state index in [2.05, 4.69) is 16.3 Å². The Labute approximate surface area is 174 Å². The fourth-order valence-corrected chi connectivity index (χ4v) is 3.38. The molecule has 0 bridgehead atoms. The summed E-state index contributed by atoms with van der Waals surface area (Å²) in [5.74, 6) is 1.35. The highest BCUT2D eigenvalue weighted by atomic mass is 16.5. The molecule has 0 fully saturated rings. The van der Waals surface area contributed by atoms with Crippen molar-refractivity contribution in [3.8, 4) is 40.0 Å². The summed E-state index contributed by atoms with van der Waals surface area (Å²) in [4.78, 5) is 12.4. The Bertz CT molecular complexity index is 1290. The maximum Gasteiger partial charge on any atom is 0.267 e. The van der Waals surface area contributed by atoms with Gasteiger partial charge in [-0.15, -0.1) is 0 Å². The largest absolute Gasteiger partial charge is 0.457 e. The molecule has 30 heavy (non-hydrogen) atoms. The lowest BCUT2D eigenvalue weighted by atomic mass is 9.94. The van der Waals surface area contributed by atoms with Gasteiger partial charge in [0.25, 0.3) is 5.56 Å². The third kappa shape index (κ3) is 3.85. The topological polar surface area (TPSA) is 78.8 Å². The first-order valence-corrected chi connectivity index (χ1v) is 9.55. The van der Waals surface area contributed by atoms with E-state index in [1.54, 1.807) is 6.92 Å². The van der Waals surface area contributed by atoms with Gasteiger partial charge in [-0.1, -0.05) is 54.6 Å². The third-order valence-corrected chi connectivity index (χ3v) is 4.83. The lowest BCUT2D eigenvalue weighted by molar-refractivity contribution is 0.484. The molecule has 1 aromatic heterocycles. The molecule has 0 spiro atoms. The van der Waals surface area contributed by atoms with Crippen LogP contribution in [0.4, 0.5) is 0 Å². The van der Waals surface area contributed by atoms with E-state index in [9.17, 15) is 4.79 Å². The van der Waals surface area contributed by atoms with Gasteiger partial charge in [0.15, 0.2) is 0 Å². The Morgan fingerprint density at radius 1 is 1.00 bits per heavy atom. The van der Waals surface area contributed by atoms with E-state index in [0.29, 0.717) is 29.2 Å². The van der Waals surface area contributed by atoms with Gasteiger partial charge in [0, 0.05) is 16.7 Å². The second kappa shape index (κ2) is 8.46. The highest BCUT2D eigenvalue weighted by Gasteiger charge is 2.18. The van der Waals surface area contributed by atoms with Gasteiger partial charge in [0.05, 0.1) is 12.5 Å². The number of rotatable bonds is 5. The van der Waals surface area contributed by atoms with Crippen molar-refractivity contribution in [2.24, 2.45) is 0 Å². The number of nitrogens with zero attached hydrogens (tertiary/aromatic N) is 2. The Morgan fingerprint density at radius 2 is 1.77 bits per heavy atom. The van der Waals surface area contributed by atoms with Gasteiger partial charge in [-0.2, -0.15) is 10.4 Å². The number of hydrogen-bond acceptors (Lipinski definition) is 4. The zero-order valence-electron chi connectivity index (χ0n) is 16.4. The number of aromatic amines is 1. The van der Waals surface area contributed by atoms with Crippen molar-refractivity contribution in [1.29, 1.82) is 5.26 Å². The molecule has 0 atom stereocenters. The first kappa shape index (κ1) is 19.2. The van der Waals surface area contributed by atoms with Crippen LogP contribution in [0.5, 0.6) is 11.5 Å². The van der Waals surface area contributed by atoms with E-state index in [1.165, 1.54) is 0 Å². The van der Waals surface area contributed by atoms with E-state index in [4.69, 9.17) is 10.00 Å². The number of H-pyrrole nitrogens is 1. The second-order valence-electron chi connectivity index (χ2n) is 6.85. The van der Waals surface area contributed by atoms with Crippen LogP contribution in [0.25, 0.3) is 22.4 Å². The van der Waals surface area contributed by atoms with Crippen LogP contribution in [0, 0.1) is 18.3 Å². The van der Waals surface area contributed by atoms with Gasteiger partial charge < -0.3 is 4.74 Å². The number of hydrogen-bond donors (Lipinski definition) is 1. The van der Waals surface area contributed by atoms with E-state index < -0.39 is 0 Å². The Balaban J connectivity index is 1.90. The summed E-state index contributed by atoms with van der Waals surface area (Å²) in [7, 11) is 0. The first-order valence-electron chi connectivity index (χ1n) is 9.55. The molecule has 5 heteroatoms. The summed E-state index contributed by atoms with van der Waals surface area (Å²) in [6.45, 7) is 1.77. The molecule has 1 N–H and O–H groups in total. The van der Waals surface area contributed by atoms with E-state index in [-0.39, 0.29) is 5.56 Å².